The van der Waals surface area contributed by atoms with Gasteiger partial charge < -0.3 is 0 Å². The van der Waals surface area contributed by atoms with Gasteiger partial charge in [0.2, 0.25) is 0 Å². The molecule has 0 aromatic rings. The van der Waals surface area contributed by atoms with Gasteiger partial charge in [-0.2, -0.15) is 11.8 Å². The summed E-state index contributed by atoms with van der Waals surface area (Å²) in [6.45, 7) is 5.80. The maximum atomic E-state index is 3.61. The van der Waals surface area contributed by atoms with Gasteiger partial charge in [-0.05, 0) is 12.2 Å². The van der Waals surface area contributed by atoms with Crippen LogP contribution in [0.25, 0.3) is 0 Å². The highest BCUT2D eigenvalue weighted by molar-refractivity contribution is 7.99. The molecule has 0 saturated heterocycles. The van der Waals surface area contributed by atoms with Crippen molar-refractivity contribution >= 4 is 11.8 Å². The van der Waals surface area contributed by atoms with Gasteiger partial charge in [-0.15, -0.1) is 6.58 Å². The van der Waals surface area contributed by atoms with Crippen LogP contribution in [0.1, 0.15) is 13.3 Å². The molecule has 0 unspecified atom stereocenters. The second-order valence-electron chi connectivity index (χ2n) is 1.36. The third kappa shape index (κ3) is 6.09. The van der Waals surface area contributed by atoms with E-state index in [2.05, 4.69) is 13.5 Å². The highest BCUT2D eigenvalue weighted by Crippen LogP contribution is 1.99. The fourth-order valence-corrected chi connectivity index (χ4v) is 0.933. The molecule has 0 aromatic heterocycles. The van der Waals surface area contributed by atoms with Gasteiger partial charge in [0.25, 0.3) is 0 Å². The third-order valence-electron chi connectivity index (χ3n) is 0.584. The van der Waals surface area contributed by atoms with Crippen LogP contribution in [0.3, 0.4) is 0 Å². The van der Waals surface area contributed by atoms with Crippen LogP contribution in [0, 0.1) is 0 Å². The lowest BCUT2D eigenvalue weighted by Gasteiger charge is -1.88. The smallest absolute Gasteiger partial charge is 0.0110 e. The van der Waals surface area contributed by atoms with Gasteiger partial charge in [0.15, 0.2) is 0 Å². The van der Waals surface area contributed by atoms with E-state index in [0.29, 0.717) is 0 Å². The van der Waals surface area contributed by atoms with Crippen molar-refractivity contribution in [3.05, 3.63) is 12.7 Å². The molecule has 1 heteroatoms. The molecule has 0 heterocycles. The predicted octanol–water partition coefficient (Wildman–Crippen LogP) is 2.32. The summed E-state index contributed by atoms with van der Waals surface area (Å²) < 4.78 is 0. The van der Waals surface area contributed by atoms with E-state index in [1.54, 1.807) is 0 Å². The molecular weight excluding hydrogens is 104 g/mol. The highest BCUT2D eigenvalue weighted by atomic mass is 32.2. The summed E-state index contributed by atoms with van der Waals surface area (Å²) in [5.74, 6) is 2.37. The second kappa shape index (κ2) is 6.09. The number of hydrogen-bond acceptors (Lipinski definition) is 1. The van der Waals surface area contributed by atoms with Crippen LogP contribution in [0.4, 0.5) is 0 Å². The van der Waals surface area contributed by atoms with Gasteiger partial charge in [0.1, 0.15) is 0 Å². The molecule has 0 rings (SSSR count). The van der Waals surface area contributed by atoms with Gasteiger partial charge in [-0.25, -0.2) is 0 Å². The molecule has 0 nitrogen and oxygen atoms in total. The fourth-order valence-electron chi connectivity index (χ4n) is 0.311. The van der Waals surface area contributed by atoms with Crippen molar-refractivity contribution in [2.75, 3.05) is 11.5 Å². The summed E-state index contributed by atoms with van der Waals surface area (Å²) in [7, 11) is 0. The van der Waals surface area contributed by atoms with Crippen molar-refractivity contribution in [3.63, 3.8) is 0 Å². The lowest BCUT2D eigenvalue weighted by atomic mass is 10.6. The van der Waals surface area contributed by atoms with E-state index in [1.165, 1.54) is 12.2 Å². The van der Waals surface area contributed by atoms with Gasteiger partial charge >= 0.3 is 0 Å². The Morgan fingerprint density at radius 1 is 1.71 bits per heavy atom. The fraction of sp³-hybridized carbons (Fsp3) is 0.667. The van der Waals surface area contributed by atoms with Crippen LogP contribution in [0.15, 0.2) is 12.7 Å². The van der Waals surface area contributed by atoms with E-state index in [1.807, 2.05) is 17.8 Å². The molecular formula is C6H12S. The zero-order valence-electron chi connectivity index (χ0n) is 4.81. The molecule has 0 aliphatic rings. The van der Waals surface area contributed by atoms with Crippen LogP contribution < -0.4 is 0 Å². The average Bonchev–Trinajstić information content (AvgIpc) is 1.69. The molecule has 0 radical (unpaired) electrons. The molecule has 7 heavy (non-hydrogen) atoms. The van der Waals surface area contributed by atoms with Crippen LogP contribution in [-0.2, 0) is 0 Å². The van der Waals surface area contributed by atoms with E-state index in [-0.39, 0.29) is 0 Å². The normalized spacial score (nSPS) is 8.71. The molecule has 0 atom stereocenters. The van der Waals surface area contributed by atoms with E-state index in [0.717, 1.165) is 5.75 Å². The minimum Gasteiger partial charge on any atom is -0.158 e. The Morgan fingerprint density at radius 3 is 2.86 bits per heavy atom. The van der Waals surface area contributed by atoms with Crippen LogP contribution in [0.2, 0.25) is 0 Å². The molecule has 42 valence electrons. The van der Waals surface area contributed by atoms with E-state index >= 15 is 0 Å². The lowest BCUT2D eigenvalue weighted by molar-refractivity contribution is 1.11. The SMILES string of the molecule is C=CCSCCC. The van der Waals surface area contributed by atoms with Crippen LogP contribution in [0.5, 0.6) is 0 Å². The minimum absolute atomic E-state index is 1.10. The summed E-state index contributed by atoms with van der Waals surface area (Å²) in [4.78, 5) is 0. The molecule has 0 saturated carbocycles. The van der Waals surface area contributed by atoms with Gasteiger partial charge in [-0.1, -0.05) is 13.0 Å². The first-order valence-corrected chi connectivity index (χ1v) is 3.76. The Kier molecular flexibility index (Phi) is 6.17. The molecule has 0 bridgehead atoms. The van der Waals surface area contributed by atoms with Crippen molar-refractivity contribution in [1.29, 1.82) is 0 Å². The maximum Gasteiger partial charge on any atom is 0.0110 e. The molecule has 0 aromatic carbocycles. The maximum absolute atomic E-state index is 3.61. The lowest BCUT2D eigenvalue weighted by Crippen LogP contribution is -1.73. The van der Waals surface area contributed by atoms with Crippen molar-refractivity contribution in [1.82, 2.24) is 0 Å². The number of thioether (sulfide) groups is 1. The van der Waals surface area contributed by atoms with Gasteiger partial charge in [-0.3, -0.25) is 0 Å². The van der Waals surface area contributed by atoms with Crippen molar-refractivity contribution in [2.45, 2.75) is 13.3 Å². The summed E-state index contributed by atoms with van der Waals surface area (Å²) in [6.07, 6.45) is 3.22. The monoisotopic (exact) mass is 116 g/mol. The Labute approximate surface area is 50.0 Å². The molecule has 0 spiro atoms. The van der Waals surface area contributed by atoms with E-state index in [4.69, 9.17) is 0 Å². The molecule has 0 N–H and O–H groups in total. The number of rotatable bonds is 4. The first-order chi connectivity index (χ1) is 3.41. The van der Waals surface area contributed by atoms with E-state index in [9.17, 15) is 0 Å². The predicted molar refractivity (Wildman–Crippen MR) is 37.8 cm³/mol. The Balaban J connectivity index is 2.56. The van der Waals surface area contributed by atoms with Crippen LogP contribution in [-0.4, -0.2) is 11.5 Å². The molecule has 0 amide bonds. The Bertz CT molecular complexity index is 41.4. The van der Waals surface area contributed by atoms with Crippen molar-refractivity contribution < 1.29 is 0 Å². The zero-order valence-corrected chi connectivity index (χ0v) is 5.63. The summed E-state index contributed by atoms with van der Waals surface area (Å²) in [5.41, 5.74) is 0. The second-order valence-corrected chi connectivity index (χ2v) is 2.51. The first kappa shape index (κ1) is 7.09. The molecule has 0 aliphatic carbocycles. The summed E-state index contributed by atoms with van der Waals surface area (Å²) in [6, 6.07) is 0. The topological polar surface area (TPSA) is 0 Å². The third-order valence-corrected chi connectivity index (χ3v) is 1.75. The quantitative estimate of drug-likeness (QED) is 0.401. The van der Waals surface area contributed by atoms with Gasteiger partial charge in [0, 0.05) is 5.75 Å². The zero-order chi connectivity index (χ0) is 5.54. The van der Waals surface area contributed by atoms with Crippen molar-refractivity contribution in [3.8, 4) is 0 Å². The summed E-state index contributed by atoms with van der Waals surface area (Å²) in [5, 5.41) is 0. The highest BCUT2D eigenvalue weighted by Gasteiger charge is 1.77. The largest absolute Gasteiger partial charge is 0.158 e. The van der Waals surface area contributed by atoms with Crippen molar-refractivity contribution in [2.24, 2.45) is 0 Å². The van der Waals surface area contributed by atoms with E-state index < -0.39 is 0 Å². The number of hydrogen-bond donors (Lipinski definition) is 0. The van der Waals surface area contributed by atoms with Gasteiger partial charge in [0.05, 0.1) is 0 Å². The Morgan fingerprint density at radius 2 is 2.43 bits per heavy atom. The minimum atomic E-state index is 1.10. The Hall–Kier alpha value is 0.0900. The first-order valence-electron chi connectivity index (χ1n) is 2.60. The molecule has 0 fully saturated rings. The standard InChI is InChI=1S/C6H12S/c1-3-5-7-6-4-2/h3H,1,4-6H2,2H3. The average molecular weight is 116 g/mol. The summed E-state index contributed by atoms with van der Waals surface area (Å²) >= 11 is 1.94. The molecule has 0 aliphatic heterocycles. The van der Waals surface area contributed by atoms with Crippen LogP contribution >= 0.6 is 11.8 Å².